The van der Waals surface area contributed by atoms with E-state index in [-0.39, 0.29) is 68.6 Å². The summed E-state index contributed by atoms with van der Waals surface area (Å²) in [6.07, 6.45) is 11.5. The molecule has 1 aromatic heterocycles. The maximum absolute atomic E-state index is 4.19. The molecule has 4 nitrogen and oxygen atoms in total. The molecule has 1 aliphatic heterocycles. The summed E-state index contributed by atoms with van der Waals surface area (Å²) in [6, 6.07) is 23.5. The Bertz CT molecular complexity index is 1370. The maximum Gasteiger partial charge on any atom is 2.00 e. The van der Waals surface area contributed by atoms with Gasteiger partial charge in [0.15, 0.2) is 6.34 Å². The molecular weight excluding hydrogens is 603 g/mol. The van der Waals surface area contributed by atoms with E-state index in [9.17, 15) is 0 Å². The largest absolute Gasteiger partial charge is 2.00 e. The monoisotopic (exact) mass is 625 g/mol. The number of aromatic nitrogens is 2. The summed E-state index contributed by atoms with van der Waals surface area (Å²) in [5, 5.41) is 5.20. The van der Waals surface area contributed by atoms with E-state index in [0.29, 0.717) is 4.48 Å². The van der Waals surface area contributed by atoms with Gasteiger partial charge in [0, 0.05) is 35.7 Å². The predicted molar refractivity (Wildman–Crippen MR) is 132 cm³/mol. The van der Waals surface area contributed by atoms with E-state index < -0.39 is 0 Å². The fraction of sp³-hybridized carbons (Fsp3) is 0.0769. The quantitative estimate of drug-likeness (QED) is 0.150. The van der Waals surface area contributed by atoms with Gasteiger partial charge in [-0.25, -0.2) is 14.5 Å². The van der Waals surface area contributed by atoms with Crippen molar-refractivity contribution in [3.63, 3.8) is 0 Å². The second-order valence-electron chi connectivity index (χ2n) is 7.74. The van der Waals surface area contributed by atoms with Gasteiger partial charge in [-0.3, -0.25) is 0 Å². The number of imidazole rings is 1. The summed E-state index contributed by atoms with van der Waals surface area (Å²) in [5.41, 5.74) is 3.80. The van der Waals surface area contributed by atoms with Crippen LogP contribution in [0.25, 0.3) is 27.2 Å². The van der Waals surface area contributed by atoms with E-state index in [2.05, 4.69) is 96.9 Å². The van der Waals surface area contributed by atoms with Crippen LogP contribution in [0.15, 0.2) is 103 Å². The number of aliphatic imine (C=N–C) groups is 1. The van der Waals surface area contributed by atoms with Gasteiger partial charge in [0.1, 0.15) is 6.20 Å². The zero-order valence-electron chi connectivity index (χ0n) is 18.9. The van der Waals surface area contributed by atoms with Crippen LogP contribution in [0.4, 0.5) is 5.69 Å². The number of nitrogens with zero attached hydrogens (tertiary/aromatic N) is 4. The van der Waals surface area contributed by atoms with Gasteiger partial charge >= 0.3 is 26.2 Å². The fourth-order valence-corrected chi connectivity index (χ4v) is 4.10. The Morgan fingerprint density at radius 2 is 1.79 bits per heavy atom. The number of halogens is 2. The van der Waals surface area contributed by atoms with Crippen LogP contribution in [0, 0.1) is 6.92 Å². The number of aryl methyl sites for hydroxylation is 1. The number of hydrogen-bond donors (Lipinski definition) is 0. The number of hydrogen-bond acceptors (Lipinski definition) is 2. The molecule has 4 aromatic carbocycles. The van der Waals surface area contributed by atoms with Crippen LogP contribution < -0.4 is 29.3 Å². The van der Waals surface area contributed by atoms with Crippen molar-refractivity contribution in [3.8, 4) is 5.69 Å². The Morgan fingerprint density at radius 1 is 1.00 bits per heavy atom. The maximum atomic E-state index is 4.19. The molecule has 0 saturated carbocycles. The molecular formula is C26H23Cl2GeN4Zr-. The van der Waals surface area contributed by atoms with Gasteiger partial charge in [0.05, 0.1) is 25.3 Å². The van der Waals surface area contributed by atoms with Crippen LogP contribution in [0.5, 0.6) is 0 Å². The Balaban J connectivity index is 0.000000306. The molecule has 4 radical (unpaired) electrons. The first-order valence-corrected chi connectivity index (χ1v) is 10.0. The third-order valence-electron chi connectivity index (χ3n) is 5.73. The van der Waals surface area contributed by atoms with E-state index in [1.54, 1.807) is 6.20 Å². The molecule has 8 heteroatoms. The Hall–Kier alpha value is -1.75. The molecule has 170 valence electrons. The minimum Gasteiger partial charge on any atom is -1.00 e. The molecule has 0 N–H and O–H groups in total. The molecule has 0 aliphatic carbocycles. The van der Waals surface area contributed by atoms with Crippen LogP contribution in [-0.2, 0) is 26.2 Å². The minimum atomic E-state index is 0. The van der Waals surface area contributed by atoms with Crippen molar-refractivity contribution in [2.45, 2.75) is 6.92 Å². The van der Waals surface area contributed by atoms with Crippen molar-refractivity contribution in [2.24, 2.45) is 4.99 Å². The molecule has 1 aliphatic rings. The Labute approximate surface area is 242 Å². The van der Waals surface area contributed by atoms with Gasteiger partial charge in [0.25, 0.3) is 0 Å². The standard InChI is InChI=1S/C14H14N2.C12H9N2.2ClH.Ge.Zr/c1-11-6-7-13-12(11)4-3-5-14(13)16(2)9-8-15-10-16;1-3-10-4-2-6-12(11(10)5-1)14-8-7-13-9-14;;;;/h3-10H,1-2H3;1-9H;2*1H;;/q;-1;;;;+2/p-2. The van der Waals surface area contributed by atoms with Crippen LogP contribution in [0.3, 0.4) is 0 Å². The van der Waals surface area contributed by atoms with Crippen LogP contribution in [0.2, 0.25) is 0 Å². The van der Waals surface area contributed by atoms with Crippen LogP contribution in [0.1, 0.15) is 5.56 Å². The molecule has 6 rings (SSSR count). The van der Waals surface area contributed by atoms with Gasteiger partial charge in [-0.1, -0.05) is 24.4 Å². The van der Waals surface area contributed by atoms with Gasteiger partial charge < -0.3 is 29.4 Å². The summed E-state index contributed by atoms with van der Waals surface area (Å²) in [5.74, 6) is 0. The minimum absolute atomic E-state index is 0. The second-order valence-corrected chi connectivity index (χ2v) is 7.74. The van der Waals surface area contributed by atoms with E-state index in [0.717, 1.165) is 0 Å². The second kappa shape index (κ2) is 12.8. The van der Waals surface area contributed by atoms with Crippen molar-refractivity contribution in [2.75, 3.05) is 7.05 Å². The zero-order chi connectivity index (χ0) is 20.6. The first-order chi connectivity index (χ1) is 14.7. The third kappa shape index (κ3) is 5.72. The predicted octanol–water partition coefficient (Wildman–Crippen LogP) is -0.314. The van der Waals surface area contributed by atoms with Gasteiger partial charge in [0.2, 0.25) is 0 Å². The van der Waals surface area contributed by atoms with Crippen molar-refractivity contribution in [1.29, 1.82) is 0 Å². The summed E-state index contributed by atoms with van der Waals surface area (Å²) in [6.45, 7) is 2.15. The number of fused-ring (bicyclic) bond motifs is 2. The van der Waals surface area contributed by atoms with Crippen LogP contribution in [-0.4, -0.2) is 40.5 Å². The van der Waals surface area contributed by atoms with Crippen molar-refractivity contribution in [3.05, 3.63) is 103 Å². The first-order valence-electron chi connectivity index (χ1n) is 10.0. The summed E-state index contributed by atoms with van der Waals surface area (Å²) < 4.78 is 2.68. The summed E-state index contributed by atoms with van der Waals surface area (Å²) >= 11 is 0. The third-order valence-corrected chi connectivity index (χ3v) is 5.73. The van der Waals surface area contributed by atoms with E-state index >= 15 is 0 Å². The normalized spacial score (nSPS) is 15.5. The first kappa shape index (κ1) is 30.3. The van der Waals surface area contributed by atoms with Crippen molar-refractivity contribution < 1.29 is 51.0 Å². The number of quaternary nitrogens is 1. The number of rotatable bonds is 2. The van der Waals surface area contributed by atoms with Crippen molar-refractivity contribution >= 4 is 51.2 Å². The molecule has 1 unspecified atom stereocenters. The topological polar surface area (TPSA) is 30.2 Å². The average Bonchev–Trinajstić information content (AvgIpc) is 3.56. The molecule has 0 saturated heterocycles. The van der Waals surface area contributed by atoms with E-state index in [4.69, 9.17) is 0 Å². The van der Waals surface area contributed by atoms with Gasteiger partial charge in [-0.2, -0.15) is 18.2 Å². The Morgan fingerprint density at radius 3 is 2.50 bits per heavy atom. The van der Waals surface area contributed by atoms with Crippen molar-refractivity contribution in [1.82, 2.24) is 14.0 Å². The van der Waals surface area contributed by atoms with Gasteiger partial charge in [-0.05, 0) is 6.07 Å². The molecule has 2 heterocycles. The summed E-state index contributed by atoms with van der Waals surface area (Å²) in [4.78, 5) is 8.25. The van der Waals surface area contributed by atoms with Gasteiger partial charge in [-0.15, -0.1) is 52.1 Å². The smallest absolute Gasteiger partial charge is 1.00 e. The molecule has 0 fully saturated rings. The Kier molecular flexibility index (Phi) is 11.4. The molecule has 0 spiro atoms. The molecule has 1 atom stereocenters. The summed E-state index contributed by atoms with van der Waals surface area (Å²) in [7, 11) is 2.14. The molecule has 5 aromatic rings. The fourth-order valence-electron chi connectivity index (χ4n) is 4.10. The zero-order valence-corrected chi connectivity index (χ0v) is 24.9. The molecule has 34 heavy (non-hydrogen) atoms. The van der Waals surface area contributed by atoms with Crippen LogP contribution >= 0.6 is 0 Å². The SMILES string of the molecule is C[c-]1ccc2c([N+]3(C)C=CN=C3)cccc21.[Cl-].[Cl-].[Ge].[Zr+2].c1cc(-n2ccnc2)c2cc[cH-]c2c1. The number of benzene rings is 2. The average molecular weight is 626 g/mol. The van der Waals surface area contributed by atoms with E-state index in [1.807, 2.05) is 29.6 Å². The van der Waals surface area contributed by atoms with E-state index in [1.165, 1.54) is 38.5 Å². The molecule has 0 bridgehead atoms. The molecule has 0 amide bonds.